The summed E-state index contributed by atoms with van der Waals surface area (Å²) in [6, 6.07) is 3.73. The zero-order valence-electron chi connectivity index (χ0n) is 7.03. The summed E-state index contributed by atoms with van der Waals surface area (Å²) < 4.78 is 0. The third-order valence-electron chi connectivity index (χ3n) is 1.72. The van der Waals surface area contributed by atoms with Crippen molar-refractivity contribution in [3.8, 4) is 17.5 Å². The summed E-state index contributed by atoms with van der Waals surface area (Å²) in [4.78, 5) is 10.9. The molecule has 0 bridgehead atoms. The average molecular weight is 205 g/mol. The number of hydrogen-bond acceptors (Lipinski definition) is 3. The zero-order valence-corrected chi connectivity index (χ0v) is 7.78. The van der Waals surface area contributed by atoms with Crippen LogP contribution in [0, 0.1) is 11.3 Å². The van der Waals surface area contributed by atoms with Crippen LogP contribution in [-0.4, -0.2) is 15.0 Å². The van der Waals surface area contributed by atoms with Crippen molar-refractivity contribution in [2.45, 2.75) is 0 Å². The number of nitrogens with zero attached hydrogens (tertiary/aromatic N) is 3. The molecular weight excluding hydrogens is 200 g/mol. The average Bonchev–Trinajstić information content (AvgIpc) is 2.70. The van der Waals surface area contributed by atoms with E-state index < -0.39 is 0 Å². The van der Waals surface area contributed by atoms with Gasteiger partial charge in [0.1, 0.15) is 11.6 Å². The number of halogens is 1. The minimum Gasteiger partial charge on any atom is -0.367 e. The summed E-state index contributed by atoms with van der Waals surface area (Å²) in [5.41, 5.74) is 1.13. The topological polar surface area (TPSA) is 65.4 Å². The highest BCUT2D eigenvalue weighted by molar-refractivity contribution is 6.30. The molecule has 0 saturated heterocycles. The summed E-state index contributed by atoms with van der Waals surface area (Å²) >= 11 is 5.76. The Kier molecular flexibility index (Phi) is 2.17. The van der Waals surface area contributed by atoms with Crippen LogP contribution < -0.4 is 0 Å². The van der Waals surface area contributed by atoms with Gasteiger partial charge in [-0.25, -0.2) is 9.97 Å². The molecular formula is C9H5ClN4. The van der Waals surface area contributed by atoms with Gasteiger partial charge in [-0.2, -0.15) is 5.26 Å². The maximum atomic E-state index is 8.62. The highest BCUT2D eigenvalue weighted by Crippen LogP contribution is 2.17. The Balaban J connectivity index is 2.49. The maximum absolute atomic E-state index is 8.62. The highest BCUT2D eigenvalue weighted by Gasteiger charge is 2.05. The van der Waals surface area contributed by atoms with Crippen molar-refractivity contribution in [3.05, 3.63) is 35.4 Å². The van der Waals surface area contributed by atoms with Crippen LogP contribution in [0.3, 0.4) is 0 Å². The minimum absolute atomic E-state index is 0.179. The molecule has 14 heavy (non-hydrogen) atoms. The first kappa shape index (κ1) is 8.73. The largest absolute Gasteiger partial charge is 0.367 e. The molecule has 0 amide bonds. The van der Waals surface area contributed by atoms with Gasteiger partial charge in [0.05, 0.1) is 6.20 Å². The summed E-state index contributed by atoms with van der Waals surface area (Å²) in [5, 5.41) is 8.80. The van der Waals surface area contributed by atoms with Gasteiger partial charge in [-0.05, 0) is 6.07 Å². The Hall–Kier alpha value is -1.86. The van der Waals surface area contributed by atoms with E-state index in [4.69, 9.17) is 16.9 Å². The van der Waals surface area contributed by atoms with Gasteiger partial charge in [-0.15, -0.1) is 0 Å². The Bertz CT molecular complexity index is 484. The normalized spacial score (nSPS) is 9.71. The predicted octanol–water partition coefficient (Wildman–Crippen LogP) is 2.00. The molecule has 4 nitrogen and oxygen atoms in total. The van der Waals surface area contributed by atoms with Gasteiger partial charge in [0, 0.05) is 18.0 Å². The van der Waals surface area contributed by atoms with Crippen molar-refractivity contribution in [3.63, 3.8) is 0 Å². The second-order valence-electron chi connectivity index (χ2n) is 2.61. The van der Waals surface area contributed by atoms with Gasteiger partial charge in [-0.1, -0.05) is 11.6 Å². The number of hydrogen-bond donors (Lipinski definition) is 1. The molecule has 2 aromatic heterocycles. The van der Waals surface area contributed by atoms with Gasteiger partial charge in [0.15, 0.2) is 11.0 Å². The molecule has 0 saturated carbocycles. The van der Waals surface area contributed by atoms with Crippen LogP contribution in [0.25, 0.3) is 11.4 Å². The van der Waals surface area contributed by atoms with E-state index in [-0.39, 0.29) is 10.7 Å². The van der Waals surface area contributed by atoms with Gasteiger partial charge in [-0.3, -0.25) is 0 Å². The highest BCUT2D eigenvalue weighted by atomic mass is 35.5. The van der Waals surface area contributed by atoms with Gasteiger partial charge in [0.2, 0.25) is 0 Å². The van der Waals surface area contributed by atoms with E-state index in [0.29, 0.717) is 5.82 Å². The molecule has 0 unspecified atom stereocenters. The second kappa shape index (κ2) is 3.48. The first-order chi connectivity index (χ1) is 6.81. The lowest BCUT2D eigenvalue weighted by Gasteiger charge is -1.97. The number of aromatic nitrogens is 3. The Morgan fingerprint density at radius 2 is 2.36 bits per heavy atom. The molecule has 68 valence electrons. The molecule has 0 atom stereocenters. The summed E-state index contributed by atoms with van der Waals surface area (Å²) in [6.07, 6.45) is 4.94. The van der Waals surface area contributed by atoms with Crippen LogP contribution in [0.4, 0.5) is 0 Å². The number of aromatic amines is 1. The monoisotopic (exact) mass is 204 g/mol. The third-order valence-corrected chi connectivity index (χ3v) is 2.01. The molecule has 2 rings (SSSR count). The summed E-state index contributed by atoms with van der Waals surface area (Å²) in [7, 11) is 0. The van der Waals surface area contributed by atoms with Crippen LogP contribution in [0.5, 0.6) is 0 Å². The lowest BCUT2D eigenvalue weighted by Crippen LogP contribution is -1.90. The van der Waals surface area contributed by atoms with Crippen LogP contribution in [0.1, 0.15) is 5.56 Å². The number of H-pyrrole nitrogens is 1. The van der Waals surface area contributed by atoms with E-state index in [1.165, 1.54) is 6.20 Å². The lowest BCUT2D eigenvalue weighted by atomic mass is 10.3. The van der Waals surface area contributed by atoms with E-state index >= 15 is 0 Å². The first-order valence-electron chi connectivity index (χ1n) is 3.87. The van der Waals surface area contributed by atoms with E-state index in [1.54, 1.807) is 12.4 Å². The van der Waals surface area contributed by atoms with Crippen molar-refractivity contribution in [1.82, 2.24) is 15.0 Å². The minimum atomic E-state index is 0.179. The molecule has 5 heteroatoms. The van der Waals surface area contributed by atoms with Crippen molar-refractivity contribution in [2.24, 2.45) is 0 Å². The Morgan fingerprint density at radius 3 is 2.93 bits per heavy atom. The number of nitrogens with one attached hydrogen (secondary N) is 1. The molecule has 0 aliphatic heterocycles. The van der Waals surface area contributed by atoms with Crippen molar-refractivity contribution >= 4 is 11.6 Å². The summed E-state index contributed by atoms with van der Waals surface area (Å²) in [6.45, 7) is 0. The molecule has 0 radical (unpaired) electrons. The van der Waals surface area contributed by atoms with Crippen molar-refractivity contribution in [1.29, 1.82) is 5.26 Å². The van der Waals surface area contributed by atoms with Gasteiger partial charge < -0.3 is 4.98 Å². The molecule has 2 heterocycles. The number of nitriles is 1. The SMILES string of the molecule is N#Cc1cnc(-c2cc[nH]c2)nc1Cl. The van der Waals surface area contributed by atoms with E-state index in [9.17, 15) is 0 Å². The fourth-order valence-electron chi connectivity index (χ4n) is 1.04. The molecule has 1 N–H and O–H groups in total. The van der Waals surface area contributed by atoms with Crippen LogP contribution in [-0.2, 0) is 0 Å². The maximum Gasteiger partial charge on any atom is 0.162 e. The molecule has 0 aliphatic carbocycles. The van der Waals surface area contributed by atoms with E-state index in [1.807, 2.05) is 12.1 Å². The van der Waals surface area contributed by atoms with Crippen LogP contribution in [0.15, 0.2) is 24.7 Å². The first-order valence-corrected chi connectivity index (χ1v) is 4.25. The summed E-state index contributed by atoms with van der Waals surface area (Å²) in [5.74, 6) is 0.509. The predicted molar refractivity (Wildman–Crippen MR) is 51.5 cm³/mol. The van der Waals surface area contributed by atoms with Crippen LogP contribution >= 0.6 is 11.6 Å². The molecule has 0 spiro atoms. The van der Waals surface area contributed by atoms with E-state index in [2.05, 4.69) is 15.0 Å². The van der Waals surface area contributed by atoms with E-state index in [0.717, 1.165) is 5.56 Å². The standard InChI is InChI=1S/C9H5ClN4/c10-8-7(3-11)5-13-9(14-8)6-1-2-12-4-6/h1-2,4-5,12H. The molecule has 2 aromatic rings. The smallest absolute Gasteiger partial charge is 0.162 e. The zero-order chi connectivity index (χ0) is 9.97. The Labute approximate surface area is 85.2 Å². The molecule has 0 aromatic carbocycles. The van der Waals surface area contributed by atoms with Gasteiger partial charge >= 0.3 is 0 Å². The third kappa shape index (κ3) is 1.45. The lowest BCUT2D eigenvalue weighted by molar-refractivity contribution is 1.16. The molecule has 0 fully saturated rings. The molecule has 0 aliphatic rings. The Morgan fingerprint density at radius 1 is 1.50 bits per heavy atom. The fourth-order valence-corrected chi connectivity index (χ4v) is 1.21. The van der Waals surface area contributed by atoms with Crippen molar-refractivity contribution in [2.75, 3.05) is 0 Å². The number of rotatable bonds is 1. The fraction of sp³-hybridized carbons (Fsp3) is 0. The van der Waals surface area contributed by atoms with Crippen molar-refractivity contribution < 1.29 is 0 Å². The quantitative estimate of drug-likeness (QED) is 0.723. The van der Waals surface area contributed by atoms with Gasteiger partial charge in [0.25, 0.3) is 0 Å². The van der Waals surface area contributed by atoms with Crippen LogP contribution in [0.2, 0.25) is 5.15 Å². The second-order valence-corrected chi connectivity index (χ2v) is 2.97.